The third-order valence-corrected chi connectivity index (χ3v) is 5.46. The Labute approximate surface area is 173 Å². The molecule has 1 unspecified atom stereocenters. The lowest BCUT2D eigenvalue weighted by molar-refractivity contribution is -0.117. The summed E-state index contributed by atoms with van der Waals surface area (Å²) in [5.74, 6) is -0.340. The number of carbonyl (C=O) groups is 1. The van der Waals surface area contributed by atoms with Crippen LogP contribution < -0.4 is 10.6 Å². The average molecular weight is 388 g/mol. The monoisotopic (exact) mass is 387 g/mol. The van der Waals surface area contributed by atoms with Crippen molar-refractivity contribution >= 4 is 5.91 Å². The number of aryl methyl sites for hydroxylation is 3. The van der Waals surface area contributed by atoms with Gasteiger partial charge in [0.2, 0.25) is 0 Å². The second kappa shape index (κ2) is 10.5. The molecule has 4 heteroatoms. The Balaban J connectivity index is 1.49. The minimum Gasteiger partial charge on any atom is -0.390 e. The van der Waals surface area contributed by atoms with Crippen LogP contribution in [0.25, 0.3) is 0 Å². The van der Waals surface area contributed by atoms with Crippen molar-refractivity contribution in [2.75, 3.05) is 6.54 Å². The first-order valence-corrected chi connectivity index (χ1v) is 10.5. The van der Waals surface area contributed by atoms with E-state index in [1.165, 1.54) is 35.7 Å². The molecular formula is C25H29N3O. The normalized spacial score (nSPS) is 14.4. The molecule has 0 heterocycles. The van der Waals surface area contributed by atoms with Crippen molar-refractivity contribution in [3.63, 3.8) is 0 Å². The maximum Gasteiger partial charge on any atom is 0.263 e. The molecule has 29 heavy (non-hydrogen) atoms. The molecule has 0 fully saturated rings. The van der Waals surface area contributed by atoms with Gasteiger partial charge in [0.15, 0.2) is 0 Å². The molecule has 150 valence electrons. The van der Waals surface area contributed by atoms with E-state index in [9.17, 15) is 10.1 Å². The van der Waals surface area contributed by atoms with Gasteiger partial charge in [-0.3, -0.25) is 4.79 Å². The molecule has 2 aromatic carbocycles. The minimum atomic E-state index is -0.340. The average Bonchev–Trinajstić information content (AvgIpc) is 2.76. The maximum absolute atomic E-state index is 12.5. The van der Waals surface area contributed by atoms with Crippen LogP contribution in [0, 0.1) is 11.3 Å². The summed E-state index contributed by atoms with van der Waals surface area (Å²) in [6.45, 7) is 2.68. The van der Waals surface area contributed by atoms with Crippen LogP contribution in [0.15, 0.2) is 60.3 Å². The summed E-state index contributed by atoms with van der Waals surface area (Å²) in [5.41, 5.74) is 5.30. The highest BCUT2D eigenvalue weighted by molar-refractivity contribution is 5.97. The molecule has 0 aliphatic heterocycles. The number of nitrogens with zero attached hydrogens (tertiary/aromatic N) is 1. The van der Waals surface area contributed by atoms with E-state index >= 15 is 0 Å². The third kappa shape index (κ3) is 5.96. The number of hydrogen-bond acceptors (Lipinski definition) is 3. The van der Waals surface area contributed by atoms with E-state index in [1.807, 2.05) is 31.2 Å². The Morgan fingerprint density at radius 1 is 1.14 bits per heavy atom. The number of rotatable bonds is 8. The zero-order chi connectivity index (χ0) is 20.5. The first kappa shape index (κ1) is 20.7. The molecule has 3 rings (SSSR count). The summed E-state index contributed by atoms with van der Waals surface area (Å²) < 4.78 is 0. The fraction of sp³-hybridized carbons (Fsp3) is 0.360. The van der Waals surface area contributed by atoms with Gasteiger partial charge in [-0.1, -0.05) is 48.5 Å². The molecule has 4 nitrogen and oxygen atoms in total. The molecule has 0 spiro atoms. The molecular weight excluding hydrogens is 358 g/mol. The summed E-state index contributed by atoms with van der Waals surface area (Å²) >= 11 is 0. The van der Waals surface area contributed by atoms with E-state index in [-0.39, 0.29) is 17.5 Å². The molecule has 1 amide bonds. The Kier molecular flexibility index (Phi) is 7.47. The van der Waals surface area contributed by atoms with Gasteiger partial charge in [-0.2, -0.15) is 5.26 Å². The summed E-state index contributed by atoms with van der Waals surface area (Å²) in [5, 5.41) is 15.4. The number of nitriles is 1. The van der Waals surface area contributed by atoms with E-state index < -0.39 is 0 Å². The van der Waals surface area contributed by atoms with Crippen LogP contribution in [0.3, 0.4) is 0 Å². The van der Waals surface area contributed by atoms with Gasteiger partial charge in [0, 0.05) is 12.7 Å². The molecule has 2 aromatic rings. The molecule has 0 saturated carbocycles. The zero-order valence-electron chi connectivity index (χ0n) is 17.1. The second-order valence-corrected chi connectivity index (χ2v) is 7.64. The Morgan fingerprint density at radius 3 is 2.66 bits per heavy atom. The Morgan fingerprint density at radius 2 is 1.90 bits per heavy atom. The first-order chi connectivity index (χ1) is 14.2. The fourth-order valence-corrected chi connectivity index (χ4v) is 3.74. The van der Waals surface area contributed by atoms with Gasteiger partial charge in [-0.25, -0.2) is 0 Å². The lowest BCUT2D eigenvalue weighted by atomic mass is 9.89. The van der Waals surface area contributed by atoms with E-state index in [2.05, 4.69) is 41.0 Å². The highest BCUT2D eigenvalue weighted by Crippen LogP contribution is 2.24. The van der Waals surface area contributed by atoms with Gasteiger partial charge in [0.05, 0.1) is 6.04 Å². The topological polar surface area (TPSA) is 64.9 Å². The van der Waals surface area contributed by atoms with Crippen LogP contribution in [0.5, 0.6) is 0 Å². The van der Waals surface area contributed by atoms with Crippen LogP contribution >= 0.6 is 0 Å². The van der Waals surface area contributed by atoms with Crippen LogP contribution in [-0.2, 0) is 24.1 Å². The van der Waals surface area contributed by atoms with Crippen molar-refractivity contribution < 1.29 is 4.79 Å². The molecule has 0 aromatic heterocycles. The Bertz CT molecular complexity index is 896. The predicted molar refractivity (Wildman–Crippen MR) is 116 cm³/mol. The van der Waals surface area contributed by atoms with Gasteiger partial charge in [-0.05, 0) is 67.7 Å². The zero-order valence-corrected chi connectivity index (χ0v) is 17.1. The molecule has 1 aliphatic carbocycles. The maximum atomic E-state index is 12.5. The van der Waals surface area contributed by atoms with E-state index in [1.54, 1.807) is 0 Å². The van der Waals surface area contributed by atoms with Crippen LogP contribution in [-0.4, -0.2) is 12.5 Å². The van der Waals surface area contributed by atoms with Crippen molar-refractivity contribution in [1.82, 2.24) is 10.6 Å². The molecule has 1 aliphatic rings. The SMILES string of the molecule is CC(NC(=O)/C(C#N)=C\NCCCc1ccccc1)c1ccc2c(c1)CCCC2. The van der Waals surface area contributed by atoms with Gasteiger partial charge in [0.1, 0.15) is 11.6 Å². The predicted octanol–water partition coefficient (Wildman–Crippen LogP) is 4.37. The minimum absolute atomic E-state index is 0.106. The van der Waals surface area contributed by atoms with Crippen LogP contribution in [0.1, 0.15) is 54.5 Å². The summed E-state index contributed by atoms with van der Waals surface area (Å²) in [6.07, 6.45) is 8.17. The Hall–Kier alpha value is -3.06. The van der Waals surface area contributed by atoms with Gasteiger partial charge in [0.25, 0.3) is 5.91 Å². The number of nitrogens with one attached hydrogen (secondary N) is 2. The van der Waals surface area contributed by atoms with Gasteiger partial charge < -0.3 is 10.6 Å². The number of hydrogen-bond donors (Lipinski definition) is 2. The van der Waals surface area contributed by atoms with Crippen molar-refractivity contribution in [3.05, 3.63) is 82.6 Å². The van der Waals surface area contributed by atoms with E-state index in [0.29, 0.717) is 6.54 Å². The van der Waals surface area contributed by atoms with Crippen molar-refractivity contribution in [2.24, 2.45) is 0 Å². The number of fused-ring (bicyclic) bond motifs is 1. The number of benzene rings is 2. The highest BCUT2D eigenvalue weighted by atomic mass is 16.1. The van der Waals surface area contributed by atoms with E-state index in [4.69, 9.17) is 0 Å². The lowest BCUT2D eigenvalue weighted by Gasteiger charge is -2.20. The molecule has 0 saturated heterocycles. The molecule has 2 N–H and O–H groups in total. The van der Waals surface area contributed by atoms with Crippen molar-refractivity contribution in [3.8, 4) is 6.07 Å². The van der Waals surface area contributed by atoms with Crippen LogP contribution in [0.2, 0.25) is 0 Å². The second-order valence-electron chi connectivity index (χ2n) is 7.64. The summed E-state index contributed by atoms with van der Waals surface area (Å²) in [7, 11) is 0. The first-order valence-electron chi connectivity index (χ1n) is 10.5. The summed E-state index contributed by atoms with van der Waals surface area (Å²) in [4.78, 5) is 12.5. The quantitative estimate of drug-likeness (QED) is 0.401. The number of amides is 1. The van der Waals surface area contributed by atoms with Crippen LogP contribution in [0.4, 0.5) is 0 Å². The molecule has 0 radical (unpaired) electrons. The van der Waals surface area contributed by atoms with E-state index in [0.717, 1.165) is 31.2 Å². The van der Waals surface area contributed by atoms with Crippen molar-refractivity contribution in [2.45, 2.75) is 51.5 Å². The van der Waals surface area contributed by atoms with Gasteiger partial charge >= 0.3 is 0 Å². The smallest absolute Gasteiger partial charge is 0.263 e. The number of carbonyl (C=O) groups excluding carboxylic acids is 1. The van der Waals surface area contributed by atoms with Gasteiger partial charge in [-0.15, -0.1) is 0 Å². The lowest BCUT2D eigenvalue weighted by Crippen LogP contribution is -2.28. The largest absolute Gasteiger partial charge is 0.390 e. The summed E-state index contributed by atoms with van der Waals surface area (Å²) in [6, 6.07) is 18.6. The molecule has 0 bridgehead atoms. The molecule has 1 atom stereocenters. The third-order valence-electron chi connectivity index (χ3n) is 5.46. The standard InChI is InChI=1S/C25H29N3O/c1-19(22-14-13-21-11-5-6-12-23(21)16-22)28-25(29)24(17-26)18-27-15-7-10-20-8-3-2-4-9-20/h2-4,8-9,13-14,16,18-19,27H,5-7,10-12,15H2,1H3,(H,28,29)/b24-18-. The fourth-order valence-electron chi connectivity index (χ4n) is 3.74. The highest BCUT2D eigenvalue weighted by Gasteiger charge is 2.16. The van der Waals surface area contributed by atoms with Crippen molar-refractivity contribution in [1.29, 1.82) is 5.26 Å².